The molecule has 7 heteroatoms. The maximum atomic E-state index is 12.6. The third-order valence-electron chi connectivity index (χ3n) is 2.29. The summed E-state index contributed by atoms with van der Waals surface area (Å²) in [6.45, 7) is 2.73. The number of rotatable bonds is 3. The molecular formula is C9H13F3O4. The van der Waals surface area contributed by atoms with E-state index in [1.165, 1.54) is 13.8 Å². The Kier molecular flexibility index (Phi) is 3.49. The number of carboxylic acids is 1. The van der Waals surface area contributed by atoms with Gasteiger partial charge in [0, 0.05) is 0 Å². The summed E-state index contributed by atoms with van der Waals surface area (Å²) in [5.74, 6) is -4.63. The highest BCUT2D eigenvalue weighted by Gasteiger charge is 2.50. The molecule has 0 aliphatic carbocycles. The molecule has 2 atom stereocenters. The lowest BCUT2D eigenvalue weighted by Crippen LogP contribution is -2.38. The SMILES string of the molecule is CC1(C)OCC(C(CC(=O)O)C(F)(F)F)O1. The molecule has 1 heterocycles. The topological polar surface area (TPSA) is 55.8 Å². The zero-order valence-corrected chi connectivity index (χ0v) is 8.87. The molecule has 1 fully saturated rings. The van der Waals surface area contributed by atoms with Gasteiger partial charge in [0.2, 0.25) is 0 Å². The summed E-state index contributed by atoms with van der Waals surface area (Å²) in [4.78, 5) is 10.4. The van der Waals surface area contributed by atoms with Crippen molar-refractivity contribution in [1.29, 1.82) is 0 Å². The molecule has 0 aromatic rings. The second kappa shape index (κ2) is 4.21. The number of carbonyl (C=O) groups is 1. The quantitative estimate of drug-likeness (QED) is 0.819. The standard InChI is InChI=1S/C9H13F3O4/c1-8(2)15-4-6(16-8)5(3-7(13)14)9(10,11)12/h5-6H,3-4H2,1-2H3,(H,13,14). The smallest absolute Gasteiger partial charge is 0.394 e. The van der Waals surface area contributed by atoms with E-state index in [1.54, 1.807) is 0 Å². The van der Waals surface area contributed by atoms with Crippen LogP contribution in [0.5, 0.6) is 0 Å². The molecule has 0 spiro atoms. The van der Waals surface area contributed by atoms with Gasteiger partial charge in [0.05, 0.1) is 25.0 Å². The predicted molar refractivity (Wildman–Crippen MR) is 46.7 cm³/mol. The molecule has 1 aliphatic rings. The average Bonchev–Trinajstić information content (AvgIpc) is 2.39. The molecular weight excluding hydrogens is 229 g/mol. The molecule has 0 bridgehead atoms. The third-order valence-corrected chi connectivity index (χ3v) is 2.29. The summed E-state index contributed by atoms with van der Waals surface area (Å²) in [7, 11) is 0. The summed E-state index contributed by atoms with van der Waals surface area (Å²) in [6.07, 6.45) is -6.87. The minimum atomic E-state index is -4.60. The van der Waals surface area contributed by atoms with Crippen LogP contribution in [-0.4, -0.2) is 35.8 Å². The normalized spacial score (nSPS) is 26.7. The van der Waals surface area contributed by atoms with E-state index in [9.17, 15) is 18.0 Å². The van der Waals surface area contributed by atoms with Gasteiger partial charge in [-0.3, -0.25) is 4.79 Å². The molecule has 1 N–H and O–H groups in total. The number of ether oxygens (including phenoxy) is 2. The lowest BCUT2D eigenvalue weighted by atomic mass is 9.98. The monoisotopic (exact) mass is 242 g/mol. The number of aliphatic carboxylic acids is 1. The van der Waals surface area contributed by atoms with Gasteiger partial charge in [0.15, 0.2) is 5.79 Å². The van der Waals surface area contributed by atoms with Crippen LogP contribution in [0.2, 0.25) is 0 Å². The van der Waals surface area contributed by atoms with Gasteiger partial charge in [-0.2, -0.15) is 13.2 Å². The van der Waals surface area contributed by atoms with E-state index in [1.807, 2.05) is 0 Å². The van der Waals surface area contributed by atoms with Crippen LogP contribution in [0, 0.1) is 5.92 Å². The van der Waals surface area contributed by atoms with Crippen molar-refractivity contribution in [2.75, 3.05) is 6.61 Å². The maximum absolute atomic E-state index is 12.6. The summed E-state index contributed by atoms with van der Waals surface area (Å²) >= 11 is 0. The van der Waals surface area contributed by atoms with Gasteiger partial charge in [-0.15, -0.1) is 0 Å². The molecule has 0 amide bonds. The second-order valence-corrected chi connectivity index (χ2v) is 4.11. The molecule has 0 aromatic carbocycles. The Labute approximate surface area is 90.3 Å². The van der Waals surface area contributed by atoms with E-state index in [2.05, 4.69) is 0 Å². The van der Waals surface area contributed by atoms with E-state index in [-0.39, 0.29) is 6.61 Å². The largest absolute Gasteiger partial charge is 0.481 e. The summed E-state index contributed by atoms with van der Waals surface area (Å²) in [5, 5.41) is 8.44. The zero-order valence-electron chi connectivity index (χ0n) is 8.87. The molecule has 0 saturated carbocycles. The molecule has 1 saturated heterocycles. The van der Waals surface area contributed by atoms with Crippen LogP contribution in [-0.2, 0) is 14.3 Å². The van der Waals surface area contributed by atoms with Crippen molar-refractivity contribution >= 4 is 5.97 Å². The molecule has 2 unspecified atom stereocenters. The first-order chi connectivity index (χ1) is 7.12. The fourth-order valence-corrected chi connectivity index (χ4v) is 1.56. The van der Waals surface area contributed by atoms with E-state index < -0.39 is 36.4 Å². The van der Waals surface area contributed by atoms with Crippen molar-refractivity contribution in [2.24, 2.45) is 5.92 Å². The van der Waals surface area contributed by atoms with Gasteiger partial charge < -0.3 is 14.6 Å². The first-order valence-corrected chi connectivity index (χ1v) is 4.72. The number of hydrogen-bond acceptors (Lipinski definition) is 3. The highest BCUT2D eigenvalue weighted by Crippen LogP contribution is 2.37. The first kappa shape index (κ1) is 13.2. The highest BCUT2D eigenvalue weighted by molar-refractivity contribution is 5.67. The summed E-state index contributed by atoms with van der Waals surface area (Å²) in [6, 6.07) is 0. The number of hydrogen-bond donors (Lipinski definition) is 1. The molecule has 4 nitrogen and oxygen atoms in total. The van der Waals surface area contributed by atoms with Crippen molar-refractivity contribution < 1.29 is 32.5 Å². The Morgan fingerprint density at radius 3 is 2.44 bits per heavy atom. The van der Waals surface area contributed by atoms with Crippen LogP contribution in [0.4, 0.5) is 13.2 Å². The number of alkyl halides is 3. The molecule has 0 radical (unpaired) electrons. The van der Waals surface area contributed by atoms with Gasteiger partial charge in [-0.1, -0.05) is 0 Å². The van der Waals surface area contributed by atoms with Crippen LogP contribution < -0.4 is 0 Å². The predicted octanol–water partition coefficient (Wildman–Crippen LogP) is 1.79. The Morgan fingerprint density at radius 2 is 2.12 bits per heavy atom. The molecule has 1 aliphatic heterocycles. The van der Waals surface area contributed by atoms with E-state index in [0.29, 0.717) is 0 Å². The van der Waals surface area contributed by atoms with Gasteiger partial charge in [0.25, 0.3) is 0 Å². The molecule has 1 rings (SSSR count). The van der Waals surface area contributed by atoms with Crippen molar-refractivity contribution in [3.05, 3.63) is 0 Å². The van der Waals surface area contributed by atoms with Crippen LogP contribution in [0.15, 0.2) is 0 Å². The van der Waals surface area contributed by atoms with Crippen molar-refractivity contribution in [3.63, 3.8) is 0 Å². The molecule has 94 valence electrons. The lowest BCUT2D eigenvalue weighted by molar-refractivity contribution is -0.219. The van der Waals surface area contributed by atoms with Gasteiger partial charge in [-0.25, -0.2) is 0 Å². The van der Waals surface area contributed by atoms with Gasteiger partial charge in [0.1, 0.15) is 0 Å². The fourth-order valence-electron chi connectivity index (χ4n) is 1.56. The van der Waals surface area contributed by atoms with Crippen molar-refractivity contribution in [2.45, 2.75) is 38.3 Å². The zero-order chi connectivity index (χ0) is 12.6. The van der Waals surface area contributed by atoms with E-state index >= 15 is 0 Å². The minimum absolute atomic E-state index is 0.246. The Balaban J connectivity index is 2.75. The van der Waals surface area contributed by atoms with Gasteiger partial charge in [-0.05, 0) is 13.8 Å². The minimum Gasteiger partial charge on any atom is -0.481 e. The third kappa shape index (κ3) is 3.34. The first-order valence-electron chi connectivity index (χ1n) is 4.72. The summed E-state index contributed by atoms with van der Waals surface area (Å²) in [5.41, 5.74) is 0. The summed E-state index contributed by atoms with van der Waals surface area (Å²) < 4.78 is 47.8. The van der Waals surface area contributed by atoms with Crippen molar-refractivity contribution in [3.8, 4) is 0 Å². The Morgan fingerprint density at radius 1 is 1.56 bits per heavy atom. The Bertz CT molecular complexity index is 274. The highest BCUT2D eigenvalue weighted by atomic mass is 19.4. The lowest BCUT2D eigenvalue weighted by Gasteiger charge is -2.24. The molecule has 16 heavy (non-hydrogen) atoms. The fraction of sp³-hybridized carbons (Fsp3) is 0.889. The number of halogens is 3. The second-order valence-electron chi connectivity index (χ2n) is 4.11. The van der Waals surface area contributed by atoms with Crippen molar-refractivity contribution in [1.82, 2.24) is 0 Å². The molecule has 0 aromatic heterocycles. The average molecular weight is 242 g/mol. The maximum Gasteiger partial charge on any atom is 0.394 e. The number of carboxylic acid groups (broad SMARTS) is 1. The van der Waals surface area contributed by atoms with Gasteiger partial charge >= 0.3 is 12.1 Å². The van der Waals surface area contributed by atoms with Crippen LogP contribution >= 0.6 is 0 Å². The van der Waals surface area contributed by atoms with Crippen LogP contribution in [0.3, 0.4) is 0 Å². The van der Waals surface area contributed by atoms with E-state index in [0.717, 1.165) is 0 Å². The Hall–Kier alpha value is -0.820. The van der Waals surface area contributed by atoms with E-state index in [4.69, 9.17) is 14.6 Å². The van der Waals surface area contributed by atoms with Crippen LogP contribution in [0.25, 0.3) is 0 Å². The van der Waals surface area contributed by atoms with Crippen LogP contribution in [0.1, 0.15) is 20.3 Å².